The summed E-state index contributed by atoms with van der Waals surface area (Å²) in [5, 5.41) is 0. The van der Waals surface area contributed by atoms with Gasteiger partial charge in [-0.3, -0.25) is 0 Å². The maximum atomic E-state index is 6.01. The molecule has 0 heterocycles. The van der Waals surface area contributed by atoms with Crippen LogP contribution in [-0.2, 0) is 13.3 Å². The van der Waals surface area contributed by atoms with E-state index in [2.05, 4.69) is 0 Å². The fraction of sp³-hybridized carbons (Fsp3) is 0.600. The van der Waals surface area contributed by atoms with Crippen molar-refractivity contribution in [3.8, 4) is 5.75 Å². The van der Waals surface area contributed by atoms with E-state index >= 15 is 0 Å². The Morgan fingerprint density at radius 3 is 1.45 bits per heavy atom. The standard InChI is InChI=1S/C15H26O4Si/c1-12(2)16-20(17-13(3)4,18-14(5)6)19-15-10-8-7-9-11-15/h7-14H,1-6H3. The Kier molecular flexibility index (Phi) is 6.68. The molecule has 1 rings (SSSR count). The average Bonchev–Trinajstić information content (AvgIpc) is 2.26. The largest absolute Gasteiger partial charge is 0.750 e. The van der Waals surface area contributed by atoms with E-state index in [1.54, 1.807) is 0 Å². The van der Waals surface area contributed by atoms with Gasteiger partial charge < -0.3 is 17.7 Å². The molecule has 0 unspecified atom stereocenters. The van der Waals surface area contributed by atoms with Gasteiger partial charge in [0.25, 0.3) is 0 Å². The maximum absolute atomic E-state index is 6.01. The first-order valence-corrected chi connectivity index (χ1v) is 8.74. The molecule has 4 nitrogen and oxygen atoms in total. The van der Waals surface area contributed by atoms with Crippen molar-refractivity contribution in [1.29, 1.82) is 0 Å². The second-order valence-corrected chi connectivity index (χ2v) is 7.33. The summed E-state index contributed by atoms with van der Waals surface area (Å²) in [4.78, 5) is 0. The van der Waals surface area contributed by atoms with Crippen molar-refractivity contribution in [2.45, 2.75) is 59.9 Å². The van der Waals surface area contributed by atoms with Crippen molar-refractivity contribution in [2.75, 3.05) is 0 Å². The van der Waals surface area contributed by atoms with Crippen molar-refractivity contribution in [3.05, 3.63) is 30.3 Å². The van der Waals surface area contributed by atoms with E-state index in [1.807, 2.05) is 71.9 Å². The second kappa shape index (κ2) is 7.78. The van der Waals surface area contributed by atoms with Crippen LogP contribution in [0.1, 0.15) is 41.5 Å². The number of hydrogen-bond donors (Lipinski definition) is 0. The van der Waals surface area contributed by atoms with Crippen molar-refractivity contribution < 1.29 is 17.7 Å². The van der Waals surface area contributed by atoms with E-state index in [-0.39, 0.29) is 18.3 Å². The average molecular weight is 298 g/mol. The second-order valence-electron chi connectivity index (χ2n) is 5.41. The van der Waals surface area contributed by atoms with E-state index in [1.165, 1.54) is 0 Å². The zero-order valence-corrected chi connectivity index (χ0v) is 14.3. The van der Waals surface area contributed by atoms with Crippen LogP contribution in [0, 0.1) is 0 Å². The van der Waals surface area contributed by atoms with Crippen molar-refractivity contribution in [1.82, 2.24) is 0 Å². The van der Waals surface area contributed by atoms with Crippen LogP contribution in [0.2, 0.25) is 0 Å². The van der Waals surface area contributed by atoms with Crippen LogP contribution in [0.3, 0.4) is 0 Å². The van der Waals surface area contributed by atoms with E-state index in [9.17, 15) is 0 Å². The Balaban J connectivity index is 3.00. The first kappa shape index (κ1) is 17.2. The maximum Gasteiger partial charge on any atom is 0.750 e. The smallest absolute Gasteiger partial charge is 0.480 e. The van der Waals surface area contributed by atoms with Gasteiger partial charge in [0.05, 0.1) is 0 Å². The minimum atomic E-state index is -3.23. The summed E-state index contributed by atoms with van der Waals surface area (Å²) in [6.07, 6.45) is -0.117. The first-order valence-electron chi connectivity index (χ1n) is 7.10. The molecule has 1 aromatic rings. The third-order valence-electron chi connectivity index (χ3n) is 2.13. The molecule has 114 valence electrons. The van der Waals surface area contributed by atoms with E-state index in [4.69, 9.17) is 17.7 Å². The van der Waals surface area contributed by atoms with Gasteiger partial charge >= 0.3 is 9.05 Å². The third kappa shape index (κ3) is 6.05. The third-order valence-corrected chi connectivity index (χ3v) is 4.89. The van der Waals surface area contributed by atoms with Gasteiger partial charge in [0.15, 0.2) is 0 Å². The van der Waals surface area contributed by atoms with Gasteiger partial charge in [-0.15, -0.1) is 0 Å². The molecular formula is C15H26O4Si. The van der Waals surface area contributed by atoms with Crippen molar-refractivity contribution in [3.63, 3.8) is 0 Å². The fourth-order valence-corrected chi connectivity index (χ4v) is 4.12. The molecule has 0 fully saturated rings. The predicted molar refractivity (Wildman–Crippen MR) is 81.5 cm³/mol. The number of benzene rings is 1. The van der Waals surface area contributed by atoms with Gasteiger partial charge in [0, 0.05) is 18.3 Å². The van der Waals surface area contributed by atoms with Gasteiger partial charge in [-0.1, -0.05) is 18.2 Å². The number of hydrogen-bond acceptors (Lipinski definition) is 4. The topological polar surface area (TPSA) is 36.9 Å². The van der Waals surface area contributed by atoms with Crippen LogP contribution in [0.15, 0.2) is 30.3 Å². The van der Waals surface area contributed by atoms with Crippen LogP contribution in [0.5, 0.6) is 5.75 Å². The summed E-state index contributed by atoms with van der Waals surface area (Å²) < 4.78 is 23.8. The molecule has 0 aliphatic heterocycles. The van der Waals surface area contributed by atoms with Gasteiger partial charge in [0.1, 0.15) is 5.75 Å². The minimum absolute atomic E-state index is 0.0390. The van der Waals surface area contributed by atoms with E-state index in [0.29, 0.717) is 5.75 Å². The summed E-state index contributed by atoms with van der Waals surface area (Å²) >= 11 is 0. The lowest BCUT2D eigenvalue weighted by Gasteiger charge is -2.32. The minimum Gasteiger partial charge on any atom is -0.480 e. The molecule has 0 aromatic heterocycles. The SMILES string of the molecule is CC(C)O[Si](Oc1ccccc1)(OC(C)C)OC(C)C. The van der Waals surface area contributed by atoms with Crippen LogP contribution < -0.4 is 4.43 Å². The highest BCUT2D eigenvalue weighted by molar-refractivity contribution is 6.54. The lowest BCUT2D eigenvalue weighted by Crippen LogP contribution is -2.56. The molecule has 0 spiro atoms. The molecular weight excluding hydrogens is 272 g/mol. The molecule has 1 aromatic carbocycles. The fourth-order valence-electron chi connectivity index (χ4n) is 1.65. The van der Waals surface area contributed by atoms with Gasteiger partial charge in [0.2, 0.25) is 0 Å². The summed E-state index contributed by atoms with van der Waals surface area (Å²) in [6.45, 7) is 11.7. The Labute approximate surface area is 123 Å². The summed E-state index contributed by atoms with van der Waals surface area (Å²) in [5.41, 5.74) is 0. The number of rotatable bonds is 8. The molecule has 5 heteroatoms. The van der Waals surface area contributed by atoms with E-state index < -0.39 is 9.05 Å². The van der Waals surface area contributed by atoms with Gasteiger partial charge in [-0.25, -0.2) is 0 Å². The van der Waals surface area contributed by atoms with Crippen LogP contribution in [0.25, 0.3) is 0 Å². The molecule has 0 N–H and O–H groups in total. The monoisotopic (exact) mass is 298 g/mol. The molecule has 0 atom stereocenters. The molecule has 0 bridgehead atoms. The zero-order valence-electron chi connectivity index (χ0n) is 13.3. The predicted octanol–water partition coefficient (Wildman–Crippen LogP) is 3.78. The summed E-state index contributed by atoms with van der Waals surface area (Å²) in [5.74, 6) is 0.695. The Hall–Kier alpha value is -0.883. The lowest BCUT2D eigenvalue weighted by molar-refractivity contribution is -0.0464. The van der Waals surface area contributed by atoms with Crippen LogP contribution in [0.4, 0.5) is 0 Å². The summed E-state index contributed by atoms with van der Waals surface area (Å²) in [6, 6.07) is 9.51. The highest BCUT2D eigenvalue weighted by Gasteiger charge is 2.51. The highest BCUT2D eigenvalue weighted by Crippen LogP contribution is 2.22. The first-order chi connectivity index (χ1) is 9.33. The molecule has 0 aliphatic carbocycles. The molecule has 20 heavy (non-hydrogen) atoms. The van der Waals surface area contributed by atoms with Crippen LogP contribution in [-0.4, -0.2) is 27.4 Å². The van der Waals surface area contributed by atoms with E-state index in [0.717, 1.165) is 0 Å². The van der Waals surface area contributed by atoms with Crippen molar-refractivity contribution >= 4 is 9.05 Å². The molecule has 0 saturated heterocycles. The summed E-state index contributed by atoms with van der Waals surface area (Å²) in [7, 11) is -3.23. The quantitative estimate of drug-likeness (QED) is 0.685. The molecule has 0 aliphatic rings. The molecule has 0 saturated carbocycles. The zero-order chi connectivity index (χ0) is 15.2. The molecule has 0 radical (unpaired) electrons. The van der Waals surface area contributed by atoms with Crippen molar-refractivity contribution in [2.24, 2.45) is 0 Å². The normalized spacial score (nSPS) is 12.4. The van der Waals surface area contributed by atoms with Gasteiger partial charge in [-0.2, -0.15) is 0 Å². The Morgan fingerprint density at radius 1 is 0.700 bits per heavy atom. The molecule has 0 amide bonds. The highest BCUT2D eigenvalue weighted by atomic mass is 28.4. The number of para-hydroxylation sites is 1. The van der Waals surface area contributed by atoms with Crippen LogP contribution >= 0.6 is 0 Å². The van der Waals surface area contributed by atoms with Gasteiger partial charge in [-0.05, 0) is 53.7 Å². The Bertz CT molecular complexity index is 352. The Morgan fingerprint density at radius 2 is 1.10 bits per heavy atom. The lowest BCUT2D eigenvalue weighted by atomic mass is 10.3.